The normalized spacial score (nSPS) is 11.1. The van der Waals surface area contributed by atoms with Gasteiger partial charge in [-0.3, -0.25) is 4.79 Å². The van der Waals surface area contributed by atoms with Crippen molar-refractivity contribution in [2.45, 2.75) is 20.0 Å². The summed E-state index contributed by atoms with van der Waals surface area (Å²) >= 11 is 15.7. The van der Waals surface area contributed by atoms with Gasteiger partial charge >= 0.3 is 5.91 Å². The molecule has 0 aliphatic carbocycles. The van der Waals surface area contributed by atoms with Gasteiger partial charge in [-0.2, -0.15) is 5.10 Å². The molecule has 0 atom stereocenters. The smallest absolute Gasteiger partial charge is 0.307 e. The molecule has 4 rings (SSSR count). The maximum absolute atomic E-state index is 12.5. The zero-order chi connectivity index (χ0) is 26.4. The van der Waals surface area contributed by atoms with Gasteiger partial charge in [0, 0.05) is 31.0 Å². The molecule has 0 bridgehead atoms. The monoisotopic (exact) mass is 600 g/mol. The van der Waals surface area contributed by atoms with Crippen LogP contribution in [0.3, 0.4) is 0 Å². The maximum Gasteiger partial charge on any atom is 0.307 e. The fourth-order valence-electron chi connectivity index (χ4n) is 3.63. The van der Waals surface area contributed by atoms with Gasteiger partial charge in [-0.25, -0.2) is 5.43 Å². The zero-order valence-corrected chi connectivity index (χ0v) is 23.0. The van der Waals surface area contributed by atoms with Gasteiger partial charge in [-0.05, 0) is 67.4 Å². The number of hydrazone groups is 1. The van der Waals surface area contributed by atoms with Crippen molar-refractivity contribution >= 4 is 62.2 Å². The highest BCUT2D eigenvalue weighted by atomic mass is 79.9. The summed E-state index contributed by atoms with van der Waals surface area (Å²) in [5.74, 6) is 0.835. The Labute approximate surface area is 233 Å². The topological polar surface area (TPSA) is 73.1 Å². The minimum atomic E-state index is -0.459. The zero-order valence-electron chi connectivity index (χ0n) is 19.9. The summed E-state index contributed by atoms with van der Waals surface area (Å²) in [6.07, 6.45) is 3.84. The molecule has 0 radical (unpaired) electrons. The molecule has 0 saturated heterocycles. The number of halogens is 3. The predicted molar refractivity (Wildman–Crippen MR) is 151 cm³/mol. The van der Waals surface area contributed by atoms with Crippen LogP contribution < -0.4 is 14.9 Å². The number of furan rings is 1. The van der Waals surface area contributed by atoms with Crippen LogP contribution in [0.2, 0.25) is 10.0 Å². The van der Waals surface area contributed by atoms with E-state index in [9.17, 15) is 4.79 Å². The number of rotatable bonds is 10. The first-order valence-electron chi connectivity index (χ1n) is 11.4. The molecule has 0 spiro atoms. The molecule has 0 aliphatic heterocycles. The van der Waals surface area contributed by atoms with E-state index in [-0.39, 0.29) is 12.4 Å². The van der Waals surface area contributed by atoms with E-state index in [2.05, 4.69) is 33.0 Å². The minimum absolute atomic E-state index is 0.164. The molecule has 9 heteroatoms. The summed E-state index contributed by atoms with van der Waals surface area (Å²) in [5.41, 5.74) is 5.48. The molecule has 6 nitrogen and oxygen atoms in total. The molecule has 3 aromatic carbocycles. The summed E-state index contributed by atoms with van der Waals surface area (Å²) in [4.78, 5) is 12.5. The summed E-state index contributed by atoms with van der Waals surface area (Å²) in [6.45, 7) is 6.41. The molecule has 0 saturated carbocycles. The number of amides is 1. The number of hydrogen-bond acceptors (Lipinski definition) is 5. The number of carbonyl (C=O) groups excluding carboxylic acids is 1. The van der Waals surface area contributed by atoms with Crippen molar-refractivity contribution in [2.75, 3.05) is 6.61 Å². The first-order chi connectivity index (χ1) is 17.9. The third-order valence-electron chi connectivity index (χ3n) is 5.29. The molecule has 190 valence electrons. The fourth-order valence-corrected chi connectivity index (χ4v) is 4.47. The van der Waals surface area contributed by atoms with E-state index in [0.717, 1.165) is 21.0 Å². The summed E-state index contributed by atoms with van der Waals surface area (Å²) in [7, 11) is 0. The lowest BCUT2D eigenvalue weighted by Gasteiger charge is -2.17. The highest BCUT2D eigenvalue weighted by molar-refractivity contribution is 9.10. The molecule has 4 aromatic rings. The van der Waals surface area contributed by atoms with Crippen LogP contribution >= 0.6 is 39.1 Å². The van der Waals surface area contributed by atoms with Crippen LogP contribution in [-0.2, 0) is 13.0 Å². The highest BCUT2D eigenvalue weighted by Crippen LogP contribution is 2.35. The Balaban J connectivity index is 1.53. The van der Waals surface area contributed by atoms with Gasteiger partial charge < -0.3 is 13.9 Å². The van der Waals surface area contributed by atoms with Crippen LogP contribution in [0, 0.1) is 0 Å². The van der Waals surface area contributed by atoms with E-state index in [4.69, 9.17) is 37.1 Å². The Morgan fingerprint density at radius 1 is 1.11 bits per heavy atom. The SMILES string of the molecule is C=CCc1cc(/C=N/NC(=O)c2cc3cc(Br)ccc3o2)cc(OCC)c1OCc1ccc(Cl)cc1Cl. The standard InChI is InChI=1S/C28H23BrCl2N2O4/c1-3-5-18-10-17(15-32-33-28(34)26-13-20-12-21(29)7-9-24(20)37-26)11-25(35-4-2)27(18)36-16-19-6-8-22(30)14-23(19)31/h3,6-15H,1,4-5,16H2,2H3,(H,33,34)/b32-15+. The third kappa shape index (κ3) is 6.74. The third-order valence-corrected chi connectivity index (χ3v) is 6.37. The lowest BCUT2D eigenvalue weighted by Crippen LogP contribution is -2.16. The average molecular weight is 602 g/mol. The van der Waals surface area contributed by atoms with Crippen LogP contribution in [0.15, 0.2) is 81.2 Å². The van der Waals surface area contributed by atoms with Crippen LogP contribution in [0.5, 0.6) is 11.5 Å². The van der Waals surface area contributed by atoms with Crippen molar-refractivity contribution in [3.05, 3.63) is 104 Å². The molecular formula is C28H23BrCl2N2O4. The Morgan fingerprint density at radius 3 is 2.70 bits per heavy atom. The van der Waals surface area contributed by atoms with Crippen LogP contribution in [0.1, 0.15) is 34.2 Å². The number of carbonyl (C=O) groups is 1. The van der Waals surface area contributed by atoms with Crippen molar-refractivity contribution in [2.24, 2.45) is 5.10 Å². The Hall–Kier alpha value is -3.26. The van der Waals surface area contributed by atoms with Gasteiger partial charge in [0.25, 0.3) is 0 Å². The van der Waals surface area contributed by atoms with Crippen molar-refractivity contribution in [1.82, 2.24) is 5.43 Å². The number of hydrogen-bond donors (Lipinski definition) is 1. The van der Waals surface area contributed by atoms with Crippen molar-refractivity contribution in [3.8, 4) is 11.5 Å². The van der Waals surface area contributed by atoms with Gasteiger partial charge in [0.1, 0.15) is 12.2 Å². The summed E-state index contributed by atoms with van der Waals surface area (Å²) in [5, 5.41) is 6.00. The maximum atomic E-state index is 12.5. The number of benzene rings is 3. The van der Waals surface area contributed by atoms with Gasteiger partial charge in [-0.1, -0.05) is 51.3 Å². The molecule has 1 N–H and O–H groups in total. The lowest BCUT2D eigenvalue weighted by atomic mass is 10.1. The number of allylic oxidation sites excluding steroid dienone is 1. The number of nitrogens with zero attached hydrogens (tertiary/aromatic N) is 1. The summed E-state index contributed by atoms with van der Waals surface area (Å²) in [6, 6.07) is 16.1. The van der Waals surface area contributed by atoms with Crippen LogP contribution in [0.4, 0.5) is 0 Å². The van der Waals surface area contributed by atoms with Crippen LogP contribution in [0.25, 0.3) is 11.0 Å². The second-order valence-electron chi connectivity index (χ2n) is 7.95. The molecular weight excluding hydrogens is 579 g/mol. The number of nitrogens with one attached hydrogen (secondary N) is 1. The minimum Gasteiger partial charge on any atom is -0.490 e. The van der Waals surface area contributed by atoms with Crippen molar-refractivity contribution in [1.29, 1.82) is 0 Å². The van der Waals surface area contributed by atoms with E-state index >= 15 is 0 Å². The van der Waals surface area contributed by atoms with Crippen LogP contribution in [-0.4, -0.2) is 18.7 Å². The largest absolute Gasteiger partial charge is 0.490 e. The van der Waals surface area contributed by atoms with Gasteiger partial charge in [0.05, 0.1) is 12.8 Å². The summed E-state index contributed by atoms with van der Waals surface area (Å²) < 4.78 is 18.5. The Morgan fingerprint density at radius 2 is 1.95 bits per heavy atom. The van der Waals surface area contributed by atoms with E-state index < -0.39 is 5.91 Å². The van der Waals surface area contributed by atoms with E-state index in [1.54, 1.807) is 36.4 Å². The molecule has 0 unspecified atom stereocenters. The Bertz CT molecular complexity index is 1480. The second-order valence-corrected chi connectivity index (χ2v) is 9.71. The first kappa shape index (κ1) is 26.8. The number of ether oxygens (including phenoxy) is 2. The van der Waals surface area contributed by atoms with Crippen molar-refractivity contribution in [3.63, 3.8) is 0 Å². The average Bonchev–Trinajstić information content (AvgIpc) is 3.28. The Kier molecular flexibility index (Phi) is 8.92. The van der Waals surface area contributed by atoms with E-state index in [1.807, 2.05) is 31.2 Å². The quantitative estimate of drug-likeness (QED) is 0.114. The van der Waals surface area contributed by atoms with Gasteiger partial charge in [-0.15, -0.1) is 6.58 Å². The van der Waals surface area contributed by atoms with Gasteiger partial charge in [0.2, 0.25) is 0 Å². The molecule has 1 aromatic heterocycles. The fraction of sp³-hybridized carbons (Fsp3) is 0.143. The lowest BCUT2D eigenvalue weighted by molar-refractivity contribution is 0.0929. The van der Waals surface area contributed by atoms with E-state index in [1.165, 1.54) is 6.21 Å². The predicted octanol–water partition coefficient (Wildman–Crippen LogP) is 7.97. The number of fused-ring (bicyclic) bond motifs is 1. The molecule has 37 heavy (non-hydrogen) atoms. The molecule has 0 fully saturated rings. The molecule has 1 heterocycles. The van der Waals surface area contributed by atoms with Crippen molar-refractivity contribution < 1.29 is 18.7 Å². The first-order valence-corrected chi connectivity index (χ1v) is 12.9. The second kappa shape index (κ2) is 12.3. The molecule has 1 amide bonds. The van der Waals surface area contributed by atoms with Gasteiger partial charge in [0.15, 0.2) is 17.3 Å². The highest BCUT2D eigenvalue weighted by Gasteiger charge is 2.15. The molecule has 0 aliphatic rings. The van der Waals surface area contributed by atoms with E-state index in [0.29, 0.717) is 45.7 Å².